The van der Waals surface area contributed by atoms with Crippen molar-refractivity contribution < 1.29 is 44.3 Å². The molecule has 0 N–H and O–H groups in total. The van der Waals surface area contributed by atoms with Crippen LogP contribution in [0.3, 0.4) is 0 Å². The van der Waals surface area contributed by atoms with Crippen LogP contribution in [0.1, 0.15) is 96.8 Å². The zero-order valence-corrected chi connectivity index (χ0v) is 19.4. The molecule has 0 bridgehead atoms. The van der Waals surface area contributed by atoms with Crippen molar-refractivity contribution >= 4 is 11.9 Å². The molecule has 0 heterocycles. The largest absolute Gasteiger partial charge is 1.00 e. The van der Waals surface area contributed by atoms with Crippen LogP contribution in [0.15, 0.2) is 12.2 Å². The van der Waals surface area contributed by atoms with Gasteiger partial charge in [-0.2, -0.15) is 0 Å². The predicted molar refractivity (Wildman–Crippen MR) is 102 cm³/mol. The second-order valence-electron chi connectivity index (χ2n) is 6.96. The average Bonchev–Trinajstić information content (AvgIpc) is 2.57. The zero-order chi connectivity index (χ0) is 18.8. The van der Waals surface area contributed by atoms with Crippen molar-refractivity contribution in [3.8, 4) is 0 Å². The summed E-state index contributed by atoms with van der Waals surface area (Å²) in [7, 11) is 1.51. The van der Waals surface area contributed by atoms with E-state index in [0.29, 0.717) is 6.42 Å². The third-order valence-electron chi connectivity index (χ3n) is 4.44. The van der Waals surface area contributed by atoms with Crippen LogP contribution < -0.4 is 34.7 Å². The Balaban J connectivity index is 0. The van der Waals surface area contributed by atoms with E-state index in [0.717, 1.165) is 25.7 Å². The molecule has 0 rings (SSSR count). The molecule has 4 nitrogen and oxygen atoms in total. The summed E-state index contributed by atoms with van der Waals surface area (Å²) in [5, 5.41) is 10.4. The minimum Gasteiger partial charge on any atom is -0.548 e. The van der Waals surface area contributed by atoms with Gasteiger partial charge in [0.1, 0.15) is 0 Å². The second kappa shape index (κ2) is 21.0. The number of hydrogen-bond acceptors (Lipinski definition) is 3. The number of carboxylic acid groups (broad SMARTS) is 1. The molecular weight excluding hydrogens is 337 g/mol. The van der Waals surface area contributed by atoms with Gasteiger partial charge < -0.3 is 14.8 Å². The Bertz CT molecular complexity index is 372. The number of amides is 1. The Kier molecular flexibility index (Phi) is 22.5. The summed E-state index contributed by atoms with van der Waals surface area (Å²) in [6, 6.07) is 0. The molecule has 0 spiro atoms. The Labute approximate surface area is 183 Å². The molecule has 0 radical (unpaired) electrons. The summed E-state index contributed by atoms with van der Waals surface area (Å²) in [5.74, 6) is -1.32. The van der Waals surface area contributed by atoms with Gasteiger partial charge in [0, 0.05) is 13.5 Å². The van der Waals surface area contributed by atoms with E-state index in [1.54, 1.807) is 0 Å². The van der Waals surface area contributed by atoms with Crippen LogP contribution >= 0.6 is 0 Å². The van der Waals surface area contributed by atoms with Crippen LogP contribution in [0.5, 0.6) is 0 Å². The minimum absolute atomic E-state index is 0. The molecule has 0 aromatic carbocycles. The topological polar surface area (TPSA) is 60.4 Å². The number of carbonyl (C=O) groups is 2. The van der Waals surface area contributed by atoms with Gasteiger partial charge in [-0.1, -0.05) is 70.4 Å². The number of allylic oxidation sites excluding steroid dienone is 2. The number of nitrogens with zero attached hydrogens (tertiary/aromatic N) is 1. The maximum Gasteiger partial charge on any atom is 1.00 e. The van der Waals surface area contributed by atoms with E-state index < -0.39 is 5.97 Å². The maximum absolute atomic E-state index is 11.6. The molecule has 0 saturated carbocycles. The van der Waals surface area contributed by atoms with Gasteiger partial charge in [-0.3, -0.25) is 4.79 Å². The Morgan fingerprint density at radius 2 is 1.27 bits per heavy atom. The molecule has 1 amide bonds. The van der Waals surface area contributed by atoms with E-state index in [2.05, 4.69) is 19.1 Å². The number of rotatable bonds is 17. The quantitative estimate of drug-likeness (QED) is 0.218. The monoisotopic (exact) mass is 375 g/mol. The first-order valence-electron chi connectivity index (χ1n) is 10.2. The standard InChI is InChI=1S/C21H39NO3.Na/c1-3-4-5-6-7-8-9-10-11-12-13-14-15-16-17-18-20(23)22(2)19-21(24)25;/h10-11H,3-9,12-19H2,1-2H3,(H,24,25);/q;+1/p-1/b11-10-;. The van der Waals surface area contributed by atoms with Crippen molar-refractivity contribution in [3.05, 3.63) is 12.2 Å². The molecule has 26 heavy (non-hydrogen) atoms. The van der Waals surface area contributed by atoms with E-state index in [1.807, 2.05) is 0 Å². The fourth-order valence-electron chi connectivity index (χ4n) is 2.82. The molecule has 0 aromatic heterocycles. The van der Waals surface area contributed by atoms with Gasteiger partial charge in [0.15, 0.2) is 0 Å². The molecule has 0 saturated heterocycles. The van der Waals surface area contributed by atoms with Gasteiger partial charge >= 0.3 is 29.6 Å². The SMILES string of the molecule is CCCCCCCC/C=C\CCCCCCCC(=O)N(C)CC(=O)[O-].[Na+]. The minimum atomic E-state index is -1.21. The third kappa shape index (κ3) is 20.0. The maximum atomic E-state index is 11.6. The van der Waals surface area contributed by atoms with E-state index in [-0.39, 0.29) is 42.0 Å². The van der Waals surface area contributed by atoms with Gasteiger partial charge in [0.2, 0.25) is 5.91 Å². The van der Waals surface area contributed by atoms with Crippen molar-refractivity contribution in [1.82, 2.24) is 4.90 Å². The fourth-order valence-corrected chi connectivity index (χ4v) is 2.82. The molecule has 0 atom stereocenters. The molecule has 0 fully saturated rings. The molecule has 5 heteroatoms. The van der Waals surface area contributed by atoms with Crippen LogP contribution in [0, 0.1) is 0 Å². The molecule has 0 aliphatic carbocycles. The van der Waals surface area contributed by atoms with Crippen molar-refractivity contribution in [1.29, 1.82) is 0 Å². The second-order valence-corrected chi connectivity index (χ2v) is 6.96. The number of carboxylic acids is 1. The first-order chi connectivity index (χ1) is 12.1. The van der Waals surface area contributed by atoms with Crippen LogP contribution in [0.2, 0.25) is 0 Å². The van der Waals surface area contributed by atoms with Gasteiger partial charge in [-0.05, 0) is 32.1 Å². The predicted octanol–water partition coefficient (Wildman–Crippen LogP) is 1.24. The fraction of sp³-hybridized carbons (Fsp3) is 0.810. The van der Waals surface area contributed by atoms with Crippen molar-refractivity contribution in [2.24, 2.45) is 0 Å². The van der Waals surface area contributed by atoms with Crippen LogP contribution in [0.4, 0.5) is 0 Å². The number of carbonyl (C=O) groups excluding carboxylic acids is 2. The van der Waals surface area contributed by atoms with Crippen LogP contribution in [-0.4, -0.2) is 30.4 Å². The summed E-state index contributed by atoms with van der Waals surface area (Å²) >= 11 is 0. The summed E-state index contributed by atoms with van der Waals surface area (Å²) in [4.78, 5) is 23.3. The first-order valence-corrected chi connectivity index (χ1v) is 10.2. The summed E-state index contributed by atoms with van der Waals surface area (Å²) < 4.78 is 0. The van der Waals surface area contributed by atoms with Gasteiger partial charge in [-0.15, -0.1) is 0 Å². The number of hydrogen-bond donors (Lipinski definition) is 0. The van der Waals surface area contributed by atoms with E-state index >= 15 is 0 Å². The summed E-state index contributed by atoms with van der Waals surface area (Å²) in [5.41, 5.74) is 0. The summed E-state index contributed by atoms with van der Waals surface area (Å²) in [6.45, 7) is 1.94. The molecule has 0 unspecified atom stereocenters. The summed E-state index contributed by atoms with van der Waals surface area (Å²) in [6.07, 6.45) is 21.0. The molecule has 146 valence electrons. The average molecular weight is 376 g/mol. The number of likely N-dealkylation sites (N-methyl/N-ethyl adjacent to an activating group) is 1. The van der Waals surface area contributed by atoms with Gasteiger partial charge in [0.05, 0.1) is 12.5 Å². The van der Waals surface area contributed by atoms with E-state index in [9.17, 15) is 14.7 Å². The van der Waals surface area contributed by atoms with E-state index in [4.69, 9.17) is 0 Å². The molecule has 0 aromatic rings. The normalized spacial score (nSPS) is 10.7. The molecule has 0 aliphatic rings. The smallest absolute Gasteiger partial charge is 0.548 e. The Hall–Kier alpha value is -0.320. The third-order valence-corrected chi connectivity index (χ3v) is 4.44. The first kappa shape index (κ1) is 27.9. The van der Waals surface area contributed by atoms with E-state index in [1.165, 1.54) is 69.7 Å². The molecule has 0 aliphatic heterocycles. The van der Waals surface area contributed by atoms with Gasteiger partial charge in [0.25, 0.3) is 0 Å². The Morgan fingerprint density at radius 1 is 0.808 bits per heavy atom. The van der Waals surface area contributed by atoms with Crippen molar-refractivity contribution in [3.63, 3.8) is 0 Å². The van der Waals surface area contributed by atoms with Crippen LogP contribution in [-0.2, 0) is 9.59 Å². The molecular formula is C21H38NNaO3. The van der Waals surface area contributed by atoms with Gasteiger partial charge in [-0.25, -0.2) is 0 Å². The number of unbranched alkanes of at least 4 members (excludes halogenated alkanes) is 11. The van der Waals surface area contributed by atoms with Crippen LogP contribution in [0.25, 0.3) is 0 Å². The number of aliphatic carboxylic acids is 1. The Morgan fingerprint density at radius 3 is 1.77 bits per heavy atom. The van der Waals surface area contributed by atoms with Crippen molar-refractivity contribution in [2.75, 3.05) is 13.6 Å². The van der Waals surface area contributed by atoms with Crippen molar-refractivity contribution in [2.45, 2.75) is 96.8 Å². The zero-order valence-electron chi connectivity index (χ0n) is 17.4.